The molecule has 0 aliphatic carbocycles. The van der Waals surface area contributed by atoms with E-state index in [1.807, 2.05) is 12.1 Å². The van der Waals surface area contributed by atoms with E-state index in [1.165, 1.54) is 47.5 Å². The van der Waals surface area contributed by atoms with Crippen molar-refractivity contribution < 1.29 is 14.3 Å². The number of ketones is 1. The number of hydrogen-bond acceptors (Lipinski definition) is 5. The molecule has 0 unspecified atom stereocenters. The number of rotatable bonds is 5. The molecule has 0 amide bonds. The highest BCUT2D eigenvalue weighted by Gasteiger charge is 2.12. The van der Waals surface area contributed by atoms with Gasteiger partial charge in [-0.3, -0.25) is 14.2 Å². The number of thioether (sulfide) groups is 1. The van der Waals surface area contributed by atoms with E-state index in [0.717, 1.165) is 5.56 Å². The summed E-state index contributed by atoms with van der Waals surface area (Å²) in [5, 5.41) is 10.1. The highest BCUT2D eigenvalue weighted by molar-refractivity contribution is 7.98. The van der Waals surface area contributed by atoms with Gasteiger partial charge in [-0.05, 0) is 36.8 Å². The summed E-state index contributed by atoms with van der Waals surface area (Å²) in [5.41, 5.74) is 1.79. The number of aromatic nitrogens is 2. The van der Waals surface area contributed by atoms with Crippen LogP contribution in [0.15, 0.2) is 58.5 Å². The summed E-state index contributed by atoms with van der Waals surface area (Å²) in [6, 6.07) is 12.5. The SMILES string of the molecule is Cc1c(O)nc(SCc2ccc(C(=O)c3ccc(F)cc3)cc2)n(C)c1=O. The third-order valence-corrected chi connectivity index (χ3v) is 5.24. The van der Waals surface area contributed by atoms with E-state index in [1.54, 1.807) is 19.2 Å². The zero-order chi connectivity index (χ0) is 19.6. The molecule has 0 atom stereocenters. The first-order chi connectivity index (χ1) is 12.9. The lowest BCUT2D eigenvalue weighted by atomic mass is 10.0. The Morgan fingerprint density at radius 1 is 1.11 bits per heavy atom. The third kappa shape index (κ3) is 4.09. The molecular formula is C20H17FN2O3S. The number of nitrogens with zero attached hydrogens (tertiary/aromatic N) is 2. The molecule has 1 N–H and O–H groups in total. The van der Waals surface area contributed by atoms with Gasteiger partial charge in [0.15, 0.2) is 10.9 Å². The van der Waals surface area contributed by atoms with Crippen LogP contribution in [0.3, 0.4) is 0 Å². The molecule has 2 aromatic carbocycles. The van der Waals surface area contributed by atoms with Crippen molar-refractivity contribution in [2.45, 2.75) is 17.8 Å². The van der Waals surface area contributed by atoms with Crippen LogP contribution in [-0.2, 0) is 12.8 Å². The van der Waals surface area contributed by atoms with Crippen molar-refractivity contribution in [1.82, 2.24) is 9.55 Å². The molecule has 1 aromatic heterocycles. The normalized spacial score (nSPS) is 10.8. The highest BCUT2D eigenvalue weighted by atomic mass is 32.2. The van der Waals surface area contributed by atoms with Crippen molar-refractivity contribution in [2.75, 3.05) is 0 Å². The van der Waals surface area contributed by atoms with E-state index in [4.69, 9.17) is 0 Å². The van der Waals surface area contributed by atoms with Crippen molar-refractivity contribution in [3.8, 4) is 5.88 Å². The lowest BCUT2D eigenvalue weighted by molar-refractivity contribution is 0.103. The van der Waals surface area contributed by atoms with Crippen LogP contribution in [0, 0.1) is 12.7 Å². The Morgan fingerprint density at radius 2 is 1.67 bits per heavy atom. The summed E-state index contributed by atoms with van der Waals surface area (Å²) in [7, 11) is 1.61. The van der Waals surface area contributed by atoms with Crippen LogP contribution in [0.5, 0.6) is 5.88 Å². The van der Waals surface area contributed by atoms with Crippen LogP contribution < -0.4 is 5.56 Å². The van der Waals surface area contributed by atoms with Crippen LogP contribution in [0.25, 0.3) is 0 Å². The maximum atomic E-state index is 13.0. The molecule has 0 bridgehead atoms. The van der Waals surface area contributed by atoms with Gasteiger partial charge >= 0.3 is 0 Å². The summed E-state index contributed by atoms with van der Waals surface area (Å²) in [4.78, 5) is 28.4. The standard InChI is InChI=1S/C20H17FN2O3S/c1-12-18(25)22-20(23(2)19(12)26)27-11-13-3-5-14(6-4-13)17(24)15-7-9-16(21)10-8-15/h3-10,25H,11H2,1-2H3. The van der Waals surface area contributed by atoms with Gasteiger partial charge in [0, 0.05) is 23.9 Å². The van der Waals surface area contributed by atoms with Gasteiger partial charge < -0.3 is 5.11 Å². The Balaban J connectivity index is 1.72. The van der Waals surface area contributed by atoms with Crippen molar-refractivity contribution in [1.29, 1.82) is 0 Å². The minimum absolute atomic E-state index is 0.179. The van der Waals surface area contributed by atoms with E-state index in [2.05, 4.69) is 4.98 Å². The van der Waals surface area contributed by atoms with Gasteiger partial charge in [0.1, 0.15) is 5.82 Å². The van der Waals surface area contributed by atoms with Crippen LogP contribution in [0.2, 0.25) is 0 Å². The molecule has 0 saturated carbocycles. The summed E-state index contributed by atoms with van der Waals surface area (Å²) in [6.07, 6.45) is 0. The monoisotopic (exact) mass is 384 g/mol. The number of halogens is 1. The van der Waals surface area contributed by atoms with Crippen LogP contribution in [0.1, 0.15) is 27.0 Å². The molecule has 27 heavy (non-hydrogen) atoms. The molecule has 138 valence electrons. The number of hydrogen-bond donors (Lipinski definition) is 1. The second-order valence-electron chi connectivity index (χ2n) is 6.03. The first-order valence-electron chi connectivity index (χ1n) is 8.15. The highest BCUT2D eigenvalue weighted by Crippen LogP contribution is 2.23. The first-order valence-corrected chi connectivity index (χ1v) is 9.14. The molecule has 3 aromatic rings. The Labute approximate surface area is 159 Å². The van der Waals surface area contributed by atoms with E-state index in [9.17, 15) is 19.1 Å². The fourth-order valence-electron chi connectivity index (χ4n) is 2.48. The summed E-state index contributed by atoms with van der Waals surface area (Å²) in [5.74, 6) is -0.306. The first kappa shape index (κ1) is 18.8. The Kier molecular flexibility index (Phi) is 5.41. The fraction of sp³-hybridized carbons (Fsp3) is 0.150. The van der Waals surface area contributed by atoms with Gasteiger partial charge in [0.05, 0.1) is 5.56 Å². The topological polar surface area (TPSA) is 72.2 Å². The van der Waals surface area contributed by atoms with Gasteiger partial charge in [0.2, 0.25) is 5.88 Å². The zero-order valence-electron chi connectivity index (χ0n) is 14.8. The molecule has 0 aliphatic rings. The number of carbonyl (C=O) groups excluding carboxylic acids is 1. The average Bonchev–Trinajstić information content (AvgIpc) is 2.68. The van der Waals surface area contributed by atoms with Gasteiger partial charge in [-0.2, -0.15) is 4.98 Å². The molecule has 0 spiro atoms. The van der Waals surface area contributed by atoms with E-state index in [-0.39, 0.29) is 28.6 Å². The van der Waals surface area contributed by atoms with Crippen molar-refractivity contribution in [2.24, 2.45) is 7.05 Å². The van der Waals surface area contributed by atoms with Gasteiger partial charge in [-0.1, -0.05) is 36.0 Å². The molecule has 0 aliphatic heterocycles. The molecule has 0 saturated heterocycles. The number of benzene rings is 2. The number of carbonyl (C=O) groups is 1. The Bertz CT molecular complexity index is 1040. The van der Waals surface area contributed by atoms with E-state index in [0.29, 0.717) is 22.0 Å². The van der Waals surface area contributed by atoms with Crippen molar-refractivity contribution >= 4 is 17.5 Å². The second kappa shape index (κ2) is 7.75. The smallest absolute Gasteiger partial charge is 0.260 e. The molecular weight excluding hydrogens is 367 g/mol. The van der Waals surface area contributed by atoms with Crippen LogP contribution in [-0.4, -0.2) is 20.4 Å². The predicted molar refractivity (Wildman–Crippen MR) is 102 cm³/mol. The van der Waals surface area contributed by atoms with Crippen LogP contribution in [0.4, 0.5) is 4.39 Å². The summed E-state index contributed by atoms with van der Waals surface area (Å²) < 4.78 is 14.4. The van der Waals surface area contributed by atoms with E-state index >= 15 is 0 Å². The largest absolute Gasteiger partial charge is 0.493 e. The van der Waals surface area contributed by atoms with Crippen molar-refractivity contribution in [3.05, 3.63) is 87.0 Å². The van der Waals surface area contributed by atoms with Gasteiger partial charge in [-0.25, -0.2) is 4.39 Å². The maximum absolute atomic E-state index is 13.0. The lowest BCUT2D eigenvalue weighted by Gasteiger charge is -2.09. The summed E-state index contributed by atoms with van der Waals surface area (Å²) in [6.45, 7) is 1.52. The minimum Gasteiger partial charge on any atom is -0.493 e. The predicted octanol–water partition coefficient (Wildman–Crippen LogP) is 3.46. The molecule has 0 fully saturated rings. The Hall–Kier alpha value is -2.93. The van der Waals surface area contributed by atoms with Crippen LogP contribution >= 0.6 is 11.8 Å². The third-order valence-electron chi connectivity index (χ3n) is 4.14. The second-order valence-corrected chi connectivity index (χ2v) is 6.97. The fourth-order valence-corrected chi connectivity index (χ4v) is 3.40. The van der Waals surface area contributed by atoms with Crippen molar-refractivity contribution in [3.63, 3.8) is 0 Å². The quantitative estimate of drug-likeness (QED) is 0.414. The zero-order valence-corrected chi connectivity index (χ0v) is 15.6. The lowest BCUT2D eigenvalue weighted by Crippen LogP contribution is -2.22. The van der Waals surface area contributed by atoms with Gasteiger partial charge in [0.25, 0.3) is 5.56 Å². The molecule has 1 heterocycles. The van der Waals surface area contributed by atoms with Gasteiger partial charge in [-0.15, -0.1) is 0 Å². The summed E-state index contributed by atoms with van der Waals surface area (Å²) >= 11 is 1.31. The molecule has 5 nitrogen and oxygen atoms in total. The maximum Gasteiger partial charge on any atom is 0.260 e. The number of aromatic hydroxyl groups is 1. The minimum atomic E-state index is -0.385. The molecule has 7 heteroatoms. The van der Waals surface area contributed by atoms with E-state index < -0.39 is 0 Å². The average molecular weight is 384 g/mol. The Morgan fingerprint density at radius 3 is 2.26 bits per heavy atom. The molecule has 3 rings (SSSR count). The molecule has 0 radical (unpaired) electrons.